The molecule has 5 aromatic carbocycles. The van der Waals surface area contributed by atoms with Gasteiger partial charge in [0.2, 0.25) is 0 Å². The van der Waals surface area contributed by atoms with E-state index >= 15 is 0 Å². The van der Waals surface area contributed by atoms with Crippen LogP contribution in [-0.4, -0.2) is 46.4 Å². The first-order chi connectivity index (χ1) is 23.9. The number of carbonyl (C=O) groups is 2. The van der Waals surface area contributed by atoms with Gasteiger partial charge in [-0.3, -0.25) is 19.4 Å². The molecular weight excluding hydrogens is 612 g/mol. The fraction of sp³-hybridized carbons (Fsp3) is 0.238. The standard InChI is InChI=1S/C42H40N2O5/c1-28-38(26-43(2)24-29-10-4-3-5-11-29)48-42(49-39(28)32-20-18-30(27-45)19-21-32)35-15-9-14-34(23-35)33-13-8-12-31(22-33)25-44-40(46)36-16-6-7-17-37(36)41(44)47/h3-23,28,38-39,42,45H,24-27H2,1-2H3/t28-,38+,39+,42+/m0/s1. The van der Waals surface area contributed by atoms with Gasteiger partial charge in [-0.2, -0.15) is 0 Å². The number of hydrogen-bond donors (Lipinski definition) is 1. The van der Waals surface area contributed by atoms with Crippen molar-refractivity contribution in [2.75, 3.05) is 13.6 Å². The van der Waals surface area contributed by atoms with Crippen LogP contribution in [0.1, 0.15) is 67.9 Å². The minimum atomic E-state index is -0.602. The lowest BCUT2D eigenvalue weighted by Gasteiger charge is -2.42. The van der Waals surface area contributed by atoms with Gasteiger partial charge < -0.3 is 14.6 Å². The predicted molar refractivity (Wildman–Crippen MR) is 188 cm³/mol. The maximum Gasteiger partial charge on any atom is 0.261 e. The Kier molecular flexibility index (Phi) is 9.51. The number of nitrogens with zero attached hydrogens (tertiary/aromatic N) is 2. The quantitative estimate of drug-likeness (QED) is 0.157. The van der Waals surface area contributed by atoms with E-state index < -0.39 is 6.29 Å². The molecule has 0 saturated carbocycles. The average molecular weight is 653 g/mol. The first-order valence-corrected chi connectivity index (χ1v) is 16.8. The Hall–Kier alpha value is -4.92. The SMILES string of the molecule is C[C@H]1[C@@H](CN(C)Cc2ccccc2)O[C@@H](c2cccc(-c3cccc(CN4C(=O)c5ccccc5C4=O)c3)c2)O[C@H]1c1ccc(CO)cc1. The number of rotatable bonds is 10. The van der Waals surface area contributed by atoms with Crippen molar-refractivity contribution in [2.24, 2.45) is 5.92 Å². The van der Waals surface area contributed by atoms with Gasteiger partial charge in [-0.05, 0) is 64.7 Å². The highest BCUT2D eigenvalue weighted by Crippen LogP contribution is 2.42. The summed E-state index contributed by atoms with van der Waals surface area (Å²) in [5, 5.41) is 9.62. The predicted octanol–water partition coefficient (Wildman–Crippen LogP) is 7.57. The summed E-state index contributed by atoms with van der Waals surface area (Å²) in [7, 11) is 2.12. The molecule has 2 heterocycles. The van der Waals surface area contributed by atoms with E-state index in [1.54, 1.807) is 24.3 Å². The molecule has 2 amide bonds. The van der Waals surface area contributed by atoms with E-state index in [-0.39, 0.29) is 43.1 Å². The van der Waals surface area contributed by atoms with Crippen LogP contribution < -0.4 is 0 Å². The van der Waals surface area contributed by atoms with Crippen LogP contribution >= 0.6 is 0 Å². The second-order valence-electron chi connectivity index (χ2n) is 13.1. The van der Waals surface area contributed by atoms with Crippen LogP contribution in [0.15, 0.2) is 127 Å². The van der Waals surface area contributed by atoms with Crippen molar-refractivity contribution in [1.82, 2.24) is 9.80 Å². The minimum absolute atomic E-state index is 0.00765. The molecule has 0 aromatic heterocycles. The summed E-state index contributed by atoms with van der Waals surface area (Å²) in [5.74, 6) is -0.465. The van der Waals surface area contributed by atoms with E-state index in [9.17, 15) is 14.7 Å². The zero-order valence-electron chi connectivity index (χ0n) is 27.7. The second-order valence-corrected chi connectivity index (χ2v) is 13.1. The zero-order chi connectivity index (χ0) is 33.9. The van der Waals surface area contributed by atoms with E-state index in [1.807, 2.05) is 72.8 Å². The van der Waals surface area contributed by atoms with Gasteiger partial charge in [0.1, 0.15) is 0 Å². The van der Waals surface area contributed by atoms with E-state index in [4.69, 9.17) is 9.47 Å². The normalized spacial score (nSPS) is 20.5. The van der Waals surface area contributed by atoms with Crippen molar-refractivity contribution < 1.29 is 24.2 Å². The molecule has 1 saturated heterocycles. The summed E-state index contributed by atoms with van der Waals surface area (Å²) in [5.41, 5.74) is 7.77. The van der Waals surface area contributed by atoms with Gasteiger partial charge in [-0.15, -0.1) is 0 Å². The Morgan fingerprint density at radius 2 is 1.31 bits per heavy atom. The minimum Gasteiger partial charge on any atom is -0.392 e. The molecule has 1 fully saturated rings. The number of ether oxygens (including phenoxy) is 2. The number of fused-ring (bicyclic) bond motifs is 1. The molecule has 0 bridgehead atoms. The monoisotopic (exact) mass is 652 g/mol. The third kappa shape index (κ3) is 6.98. The Bertz CT molecular complexity index is 1910. The summed E-state index contributed by atoms with van der Waals surface area (Å²) in [4.78, 5) is 29.6. The van der Waals surface area contributed by atoms with E-state index in [0.29, 0.717) is 11.1 Å². The molecule has 49 heavy (non-hydrogen) atoms. The van der Waals surface area contributed by atoms with Crippen molar-refractivity contribution in [3.63, 3.8) is 0 Å². The van der Waals surface area contributed by atoms with Gasteiger partial charge >= 0.3 is 0 Å². The van der Waals surface area contributed by atoms with Crippen molar-refractivity contribution in [3.8, 4) is 11.1 Å². The highest BCUT2D eigenvalue weighted by molar-refractivity contribution is 6.21. The summed E-state index contributed by atoms with van der Waals surface area (Å²) in [6, 6.07) is 41.5. The average Bonchev–Trinajstić information content (AvgIpc) is 3.37. The van der Waals surface area contributed by atoms with Crippen molar-refractivity contribution >= 4 is 11.8 Å². The molecule has 1 N–H and O–H groups in total. The molecule has 248 valence electrons. The van der Waals surface area contributed by atoms with Crippen LogP contribution in [0, 0.1) is 5.92 Å². The first-order valence-electron chi connectivity index (χ1n) is 16.8. The van der Waals surface area contributed by atoms with Crippen LogP contribution in [0.3, 0.4) is 0 Å². The summed E-state index contributed by atoms with van der Waals surface area (Å²) in [6.07, 6.45) is -0.926. The molecule has 5 aromatic rings. The summed E-state index contributed by atoms with van der Waals surface area (Å²) < 4.78 is 13.5. The first kappa shape index (κ1) is 32.6. The highest BCUT2D eigenvalue weighted by Gasteiger charge is 2.39. The van der Waals surface area contributed by atoms with Gasteiger partial charge in [-0.25, -0.2) is 0 Å². The van der Waals surface area contributed by atoms with E-state index in [2.05, 4.69) is 49.2 Å². The zero-order valence-corrected chi connectivity index (χ0v) is 27.7. The lowest BCUT2D eigenvalue weighted by molar-refractivity contribution is -0.276. The molecule has 0 spiro atoms. The maximum absolute atomic E-state index is 13.0. The van der Waals surface area contributed by atoms with Crippen molar-refractivity contribution in [1.29, 1.82) is 0 Å². The molecule has 4 atom stereocenters. The largest absolute Gasteiger partial charge is 0.392 e. The molecule has 7 nitrogen and oxygen atoms in total. The molecule has 2 aliphatic heterocycles. The van der Waals surface area contributed by atoms with Gasteiger partial charge in [0.15, 0.2) is 6.29 Å². The summed E-state index contributed by atoms with van der Waals surface area (Å²) in [6.45, 7) is 3.90. The molecule has 7 heteroatoms. The van der Waals surface area contributed by atoms with Gasteiger partial charge in [-0.1, -0.05) is 110 Å². The second kappa shape index (κ2) is 14.3. The topological polar surface area (TPSA) is 79.3 Å². The number of hydrogen-bond acceptors (Lipinski definition) is 6. The highest BCUT2D eigenvalue weighted by atomic mass is 16.7. The maximum atomic E-state index is 13.0. The Balaban J connectivity index is 1.13. The van der Waals surface area contributed by atoms with Crippen molar-refractivity contribution in [2.45, 2.75) is 45.1 Å². The molecule has 0 aliphatic carbocycles. The Morgan fingerprint density at radius 3 is 2.00 bits per heavy atom. The van der Waals surface area contributed by atoms with Crippen LogP contribution in [0.5, 0.6) is 0 Å². The fourth-order valence-corrected chi connectivity index (χ4v) is 6.87. The number of aliphatic hydroxyl groups is 1. The van der Waals surface area contributed by atoms with E-state index in [0.717, 1.165) is 46.5 Å². The summed E-state index contributed by atoms with van der Waals surface area (Å²) >= 11 is 0. The van der Waals surface area contributed by atoms with Crippen LogP contribution in [0.25, 0.3) is 11.1 Å². The van der Waals surface area contributed by atoms with Crippen LogP contribution in [0.2, 0.25) is 0 Å². The van der Waals surface area contributed by atoms with Gasteiger partial charge in [0, 0.05) is 24.6 Å². The third-order valence-electron chi connectivity index (χ3n) is 9.55. The number of aliphatic hydroxyl groups excluding tert-OH is 1. The number of likely N-dealkylation sites (N-methyl/N-ethyl adjacent to an activating group) is 1. The Labute approximate surface area is 287 Å². The van der Waals surface area contributed by atoms with Gasteiger partial charge in [0.05, 0.1) is 36.5 Å². The number of carbonyl (C=O) groups excluding carboxylic acids is 2. The number of benzene rings is 5. The smallest absolute Gasteiger partial charge is 0.261 e. The lowest BCUT2D eigenvalue weighted by atomic mass is 9.90. The lowest BCUT2D eigenvalue weighted by Crippen LogP contribution is -2.43. The fourth-order valence-electron chi connectivity index (χ4n) is 6.87. The number of imide groups is 1. The van der Waals surface area contributed by atoms with E-state index in [1.165, 1.54) is 10.5 Å². The van der Waals surface area contributed by atoms with Crippen molar-refractivity contribution in [3.05, 3.63) is 166 Å². The molecule has 2 aliphatic rings. The van der Waals surface area contributed by atoms with Gasteiger partial charge in [0.25, 0.3) is 11.8 Å². The van der Waals surface area contributed by atoms with Crippen LogP contribution in [0.4, 0.5) is 0 Å². The van der Waals surface area contributed by atoms with Crippen LogP contribution in [-0.2, 0) is 29.2 Å². The Morgan fingerprint density at radius 1 is 0.673 bits per heavy atom. The molecular formula is C42H40N2O5. The molecule has 0 unspecified atom stereocenters. The number of amides is 2. The third-order valence-corrected chi connectivity index (χ3v) is 9.55. The molecule has 7 rings (SSSR count). The molecule has 0 radical (unpaired) electrons.